The molecule has 0 heterocycles. The van der Waals surface area contributed by atoms with Crippen molar-refractivity contribution < 1.29 is 14.6 Å². The summed E-state index contributed by atoms with van der Waals surface area (Å²) in [6, 6.07) is 7.67. The number of amides is 1. The summed E-state index contributed by atoms with van der Waals surface area (Å²) in [5.74, 6) is 1.01. The molecule has 118 valence electrons. The van der Waals surface area contributed by atoms with Crippen molar-refractivity contribution in [3.8, 4) is 5.75 Å². The Balaban J connectivity index is 2.45. The summed E-state index contributed by atoms with van der Waals surface area (Å²) in [6.07, 6.45) is 0.786. The van der Waals surface area contributed by atoms with Crippen LogP contribution in [0.25, 0.3) is 0 Å². The molecule has 0 aliphatic rings. The third-order valence-electron chi connectivity index (χ3n) is 3.14. The summed E-state index contributed by atoms with van der Waals surface area (Å²) in [7, 11) is 0. The maximum absolute atomic E-state index is 11.8. The maximum Gasteiger partial charge on any atom is 0.260 e. The van der Waals surface area contributed by atoms with Gasteiger partial charge in [0.2, 0.25) is 0 Å². The smallest absolute Gasteiger partial charge is 0.260 e. The predicted octanol–water partition coefficient (Wildman–Crippen LogP) is 2.54. The first-order chi connectivity index (χ1) is 9.88. The topological polar surface area (TPSA) is 58.6 Å². The summed E-state index contributed by atoms with van der Waals surface area (Å²) in [4.78, 5) is 11.8. The second-order valence-electron chi connectivity index (χ2n) is 5.93. The van der Waals surface area contributed by atoms with Gasteiger partial charge in [0, 0.05) is 6.54 Å². The molecule has 0 spiro atoms. The monoisotopic (exact) mass is 293 g/mol. The molecule has 21 heavy (non-hydrogen) atoms. The van der Waals surface area contributed by atoms with Gasteiger partial charge < -0.3 is 15.2 Å². The summed E-state index contributed by atoms with van der Waals surface area (Å²) in [5.41, 5.74) is 1.15. The molecule has 1 aromatic rings. The minimum absolute atomic E-state index is 0.0955. The highest BCUT2D eigenvalue weighted by atomic mass is 16.5. The Bertz CT molecular complexity index is 426. The van der Waals surface area contributed by atoms with E-state index in [2.05, 4.69) is 19.2 Å². The van der Waals surface area contributed by atoms with Crippen LogP contribution in [0.4, 0.5) is 0 Å². The zero-order valence-corrected chi connectivity index (χ0v) is 13.4. The van der Waals surface area contributed by atoms with Crippen LogP contribution in [0, 0.1) is 5.92 Å². The van der Waals surface area contributed by atoms with E-state index in [4.69, 9.17) is 4.74 Å². The van der Waals surface area contributed by atoms with Crippen molar-refractivity contribution in [2.75, 3.05) is 6.54 Å². The Hall–Kier alpha value is -1.55. The molecule has 0 aliphatic carbocycles. The lowest BCUT2D eigenvalue weighted by Gasteiger charge is -2.16. The Morgan fingerprint density at radius 3 is 2.33 bits per heavy atom. The van der Waals surface area contributed by atoms with Crippen molar-refractivity contribution in [3.63, 3.8) is 0 Å². The van der Waals surface area contributed by atoms with Crippen molar-refractivity contribution in [1.29, 1.82) is 0 Å². The Morgan fingerprint density at radius 1 is 1.19 bits per heavy atom. The molecule has 0 saturated carbocycles. The molecule has 0 saturated heterocycles. The van der Waals surface area contributed by atoms with Crippen molar-refractivity contribution in [3.05, 3.63) is 29.8 Å². The number of benzene rings is 1. The lowest BCUT2D eigenvalue weighted by atomic mass is 10.1. The van der Waals surface area contributed by atoms with Gasteiger partial charge in [-0.15, -0.1) is 0 Å². The fraction of sp³-hybridized carbons (Fsp3) is 0.588. The normalized spacial score (nSPS) is 13.8. The van der Waals surface area contributed by atoms with Crippen LogP contribution in [-0.2, 0) is 11.2 Å². The number of carbonyl (C=O) groups is 1. The number of ether oxygens (including phenoxy) is 1. The molecule has 2 N–H and O–H groups in total. The number of aryl methyl sites for hydroxylation is 1. The van der Waals surface area contributed by atoms with E-state index in [0.29, 0.717) is 18.2 Å². The molecule has 2 unspecified atom stereocenters. The highest BCUT2D eigenvalue weighted by Crippen LogP contribution is 2.15. The van der Waals surface area contributed by atoms with E-state index >= 15 is 0 Å². The number of rotatable bonds is 8. The van der Waals surface area contributed by atoms with Gasteiger partial charge in [-0.3, -0.25) is 4.79 Å². The van der Waals surface area contributed by atoms with Crippen molar-refractivity contribution in [2.45, 2.75) is 52.7 Å². The lowest BCUT2D eigenvalue weighted by molar-refractivity contribution is -0.127. The van der Waals surface area contributed by atoms with Crippen LogP contribution in [0.1, 0.15) is 39.7 Å². The SMILES string of the molecule is CC(C)CNC(=O)C(C)Oc1ccc(CCC(C)O)cc1. The van der Waals surface area contributed by atoms with Crippen molar-refractivity contribution in [1.82, 2.24) is 5.32 Å². The minimum atomic E-state index is -0.507. The molecular formula is C17H27NO3. The van der Waals surface area contributed by atoms with Crippen LogP contribution < -0.4 is 10.1 Å². The molecule has 2 atom stereocenters. The molecular weight excluding hydrogens is 266 g/mol. The van der Waals surface area contributed by atoms with Gasteiger partial charge in [-0.2, -0.15) is 0 Å². The average Bonchev–Trinajstić information content (AvgIpc) is 2.43. The third-order valence-corrected chi connectivity index (χ3v) is 3.14. The summed E-state index contributed by atoms with van der Waals surface area (Å²) in [6.45, 7) is 8.30. The number of aliphatic hydroxyl groups excluding tert-OH is 1. The van der Waals surface area contributed by atoms with Crippen LogP contribution in [0.3, 0.4) is 0 Å². The molecule has 1 rings (SSSR count). The van der Waals surface area contributed by atoms with Gasteiger partial charge >= 0.3 is 0 Å². The number of hydrogen-bond donors (Lipinski definition) is 2. The van der Waals surface area contributed by atoms with Gasteiger partial charge in [0.05, 0.1) is 6.10 Å². The summed E-state index contributed by atoms with van der Waals surface area (Å²) < 4.78 is 5.63. The van der Waals surface area contributed by atoms with Gasteiger partial charge in [-0.25, -0.2) is 0 Å². The van der Waals surface area contributed by atoms with E-state index in [0.717, 1.165) is 18.4 Å². The largest absolute Gasteiger partial charge is 0.481 e. The Kier molecular flexibility index (Phi) is 7.23. The number of hydrogen-bond acceptors (Lipinski definition) is 3. The second-order valence-corrected chi connectivity index (χ2v) is 5.93. The first-order valence-corrected chi connectivity index (χ1v) is 7.60. The fourth-order valence-electron chi connectivity index (χ4n) is 1.82. The van der Waals surface area contributed by atoms with Crippen LogP contribution in [0.5, 0.6) is 5.75 Å². The molecule has 0 radical (unpaired) electrons. The van der Waals surface area contributed by atoms with E-state index in [1.54, 1.807) is 13.8 Å². The predicted molar refractivity (Wildman–Crippen MR) is 84.4 cm³/mol. The van der Waals surface area contributed by atoms with Crippen LogP contribution in [0.2, 0.25) is 0 Å². The first kappa shape index (κ1) is 17.5. The van der Waals surface area contributed by atoms with E-state index in [9.17, 15) is 9.90 Å². The maximum atomic E-state index is 11.8. The van der Waals surface area contributed by atoms with Gasteiger partial charge in [0.25, 0.3) is 5.91 Å². The average molecular weight is 293 g/mol. The van der Waals surface area contributed by atoms with Gasteiger partial charge in [-0.1, -0.05) is 26.0 Å². The van der Waals surface area contributed by atoms with Gasteiger partial charge in [0.1, 0.15) is 5.75 Å². The third kappa shape index (κ3) is 7.14. The molecule has 1 amide bonds. The molecule has 4 heteroatoms. The van der Waals surface area contributed by atoms with Crippen LogP contribution in [0.15, 0.2) is 24.3 Å². The number of nitrogens with one attached hydrogen (secondary N) is 1. The molecule has 4 nitrogen and oxygen atoms in total. The summed E-state index contributed by atoms with van der Waals surface area (Å²) in [5, 5.41) is 12.1. The van der Waals surface area contributed by atoms with Crippen LogP contribution in [-0.4, -0.2) is 29.8 Å². The standard InChI is InChI=1S/C17H27NO3/c1-12(2)11-18-17(20)14(4)21-16-9-7-15(8-10-16)6-5-13(3)19/h7-10,12-14,19H,5-6,11H2,1-4H3,(H,18,20). The quantitative estimate of drug-likeness (QED) is 0.774. The highest BCUT2D eigenvalue weighted by Gasteiger charge is 2.14. The second kappa shape index (κ2) is 8.67. The number of aliphatic hydroxyl groups is 1. The van der Waals surface area contributed by atoms with Crippen molar-refractivity contribution in [2.24, 2.45) is 5.92 Å². The van der Waals surface area contributed by atoms with Crippen LogP contribution >= 0.6 is 0 Å². The molecule has 0 aliphatic heterocycles. The highest BCUT2D eigenvalue weighted by molar-refractivity contribution is 5.80. The zero-order chi connectivity index (χ0) is 15.8. The zero-order valence-electron chi connectivity index (χ0n) is 13.4. The summed E-state index contributed by atoms with van der Waals surface area (Å²) >= 11 is 0. The molecule has 0 bridgehead atoms. The van der Waals surface area contributed by atoms with E-state index in [1.807, 2.05) is 24.3 Å². The van der Waals surface area contributed by atoms with E-state index in [1.165, 1.54) is 0 Å². The van der Waals surface area contributed by atoms with E-state index in [-0.39, 0.29) is 12.0 Å². The number of carbonyl (C=O) groups excluding carboxylic acids is 1. The van der Waals surface area contributed by atoms with E-state index < -0.39 is 6.10 Å². The minimum Gasteiger partial charge on any atom is -0.481 e. The first-order valence-electron chi connectivity index (χ1n) is 7.60. The molecule has 0 aromatic heterocycles. The fourth-order valence-corrected chi connectivity index (χ4v) is 1.82. The molecule has 1 aromatic carbocycles. The van der Waals surface area contributed by atoms with Gasteiger partial charge in [0.15, 0.2) is 6.10 Å². The van der Waals surface area contributed by atoms with Crippen molar-refractivity contribution >= 4 is 5.91 Å². The molecule has 0 fully saturated rings. The lowest BCUT2D eigenvalue weighted by Crippen LogP contribution is -2.38. The van der Waals surface area contributed by atoms with Gasteiger partial charge in [-0.05, 0) is 50.3 Å². The Morgan fingerprint density at radius 2 is 1.81 bits per heavy atom. The Labute approximate surface area is 127 Å².